The second kappa shape index (κ2) is 13.5. The lowest BCUT2D eigenvalue weighted by Crippen LogP contribution is -2.34. The highest BCUT2D eigenvalue weighted by atomic mass is 32.2. The van der Waals surface area contributed by atoms with Crippen LogP contribution in [0.5, 0.6) is 0 Å². The number of rotatable bonds is 11. The number of allylic oxidation sites excluding steroid dienone is 2. The first-order chi connectivity index (χ1) is 17.4. The molecule has 0 fully saturated rings. The fourth-order valence-corrected chi connectivity index (χ4v) is 4.46. The molecule has 1 aliphatic rings. The molecule has 3 N–H and O–H groups in total. The third-order valence-electron chi connectivity index (χ3n) is 5.69. The van der Waals surface area contributed by atoms with Crippen molar-refractivity contribution < 1.29 is 29.0 Å². The van der Waals surface area contributed by atoms with Crippen LogP contribution in [-0.2, 0) is 19.1 Å². The van der Waals surface area contributed by atoms with Gasteiger partial charge in [-0.15, -0.1) is 11.8 Å². The first-order valence-electron chi connectivity index (χ1n) is 11.9. The summed E-state index contributed by atoms with van der Waals surface area (Å²) in [5.74, 6) is -3.13. The number of anilines is 2. The van der Waals surface area contributed by atoms with E-state index in [0.29, 0.717) is 36.4 Å². The number of unbranched alkanes of at least 4 members (excludes halogenated alkanes) is 1. The molecule has 0 aromatic heterocycles. The molecule has 2 atom stereocenters. The zero-order valence-corrected chi connectivity index (χ0v) is 20.9. The molecule has 9 heteroatoms. The second-order valence-corrected chi connectivity index (χ2v) is 9.46. The van der Waals surface area contributed by atoms with Gasteiger partial charge in [0.1, 0.15) is 0 Å². The van der Waals surface area contributed by atoms with Gasteiger partial charge in [-0.05, 0) is 61.7 Å². The number of carbonyl (C=O) groups excluding carboxylic acids is 3. The van der Waals surface area contributed by atoms with E-state index < -0.39 is 17.8 Å². The molecule has 0 saturated heterocycles. The molecule has 3 rings (SSSR count). The van der Waals surface area contributed by atoms with Crippen LogP contribution in [0.2, 0.25) is 0 Å². The monoisotopic (exact) mass is 510 g/mol. The fourth-order valence-electron chi connectivity index (χ4n) is 3.70. The maximum absolute atomic E-state index is 12.7. The Morgan fingerprint density at radius 2 is 1.69 bits per heavy atom. The summed E-state index contributed by atoms with van der Waals surface area (Å²) >= 11 is 1.31. The van der Waals surface area contributed by atoms with Crippen molar-refractivity contribution in [2.24, 2.45) is 11.8 Å². The summed E-state index contributed by atoms with van der Waals surface area (Å²) in [6.45, 7) is 2.41. The molecular formula is C27H30N2O6S. The van der Waals surface area contributed by atoms with E-state index in [1.165, 1.54) is 11.8 Å². The summed E-state index contributed by atoms with van der Waals surface area (Å²) in [5, 5.41) is 15.0. The number of ether oxygens (including phenoxy) is 1. The predicted octanol–water partition coefficient (Wildman–Crippen LogP) is 4.98. The van der Waals surface area contributed by atoms with Gasteiger partial charge in [0.25, 0.3) is 0 Å². The lowest BCUT2D eigenvalue weighted by Gasteiger charge is -2.24. The molecule has 2 aromatic rings. The first-order valence-corrected chi connectivity index (χ1v) is 12.8. The van der Waals surface area contributed by atoms with Crippen molar-refractivity contribution in [2.45, 2.75) is 37.5 Å². The van der Waals surface area contributed by atoms with Crippen LogP contribution in [0.3, 0.4) is 0 Å². The third kappa shape index (κ3) is 7.98. The van der Waals surface area contributed by atoms with Crippen molar-refractivity contribution in [3.05, 3.63) is 66.2 Å². The summed E-state index contributed by atoms with van der Waals surface area (Å²) in [5.41, 5.74) is 1.54. The Morgan fingerprint density at radius 1 is 0.972 bits per heavy atom. The van der Waals surface area contributed by atoms with E-state index in [4.69, 9.17) is 4.74 Å². The van der Waals surface area contributed by atoms with E-state index in [1.807, 2.05) is 19.1 Å². The highest BCUT2D eigenvalue weighted by molar-refractivity contribution is 8.00. The largest absolute Gasteiger partial charge is 0.481 e. The molecule has 0 spiro atoms. The van der Waals surface area contributed by atoms with E-state index in [-0.39, 0.29) is 23.5 Å². The summed E-state index contributed by atoms with van der Waals surface area (Å²) in [6, 6.07) is 13.6. The molecular weight excluding hydrogens is 480 g/mol. The maximum atomic E-state index is 12.7. The van der Waals surface area contributed by atoms with Crippen molar-refractivity contribution in [3.8, 4) is 0 Å². The van der Waals surface area contributed by atoms with Crippen molar-refractivity contribution in [3.63, 3.8) is 0 Å². The average Bonchev–Trinajstić information content (AvgIpc) is 2.88. The van der Waals surface area contributed by atoms with Crippen molar-refractivity contribution >= 4 is 46.9 Å². The van der Waals surface area contributed by atoms with Crippen LogP contribution in [0.15, 0.2) is 65.6 Å². The number of aliphatic carboxylic acids is 1. The van der Waals surface area contributed by atoms with Crippen LogP contribution in [-0.4, -0.2) is 41.2 Å². The lowest BCUT2D eigenvalue weighted by atomic mass is 9.82. The number of esters is 1. The van der Waals surface area contributed by atoms with Gasteiger partial charge in [-0.1, -0.05) is 31.6 Å². The molecule has 190 valence electrons. The Hall–Kier alpha value is -3.59. The summed E-state index contributed by atoms with van der Waals surface area (Å²) in [4.78, 5) is 49.3. The van der Waals surface area contributed by atoms with Gasteiger partial charge in [-0.2, -0.15) is 0 Å². The number of carboxylic acids is 1. The molecule has 0 aliphatic heterocycles. The fraction of sp³-hybridized carbons (Fsp3) is 0.333. The van der Waals surface area contributed by atoms with Crippen LogP contribution < -0.4 is 10.6 Å². The minimum absolute atomic E-state index is 0.146. The summed E-state index contributed by atoms with van der Waals surface area (Å²) < 4.78 is 5.18. The topological polar surface area (TPSA) is 122 Å². The van der Waals surface area contributed by atoms with Crippen molar-refractivity contribution in [1.29, 1.82) is 0 Å². The van der Waals surface area contributed by atoms with Crippen LogP contribution in [0, 0.1) is 11.8 Å². The SMILES string of the molecule is CCCCOC(=O)c1ccc(NC(=O)CSc2cccc(NC(=O)C3CC=CCC3C(=O)O)c2)cc1. The van der Waals surface area contributed by atoms with Gasteiger partial charge in [-0.25, -0.2) is 4.79 Å². The normalized spacial score (nSPS) is 16.7. The van der Waals surface area contributed by atoms with Crippen LogP contribution in [0.25, 0.3) is 0 Å². The van der Waals surface area contributed by atoms with Gasteiger partial charge in [-0.3, -0.25) is 14.4 Å². The summed E-state index contributed by atoms with van der Waals surface area (Å²) in [6.07, 6.45) is 6.11. The minimum atomic E-state index is -0.976. The number of nitrogens with one attached hydrogen (secondary N) is 2. The molecule has 0 bridgehead atoms. The zero-order valence-electron chi connectivity index (χ0n) is 20.1. The lowest BCUT2D eigenvalue weighted by molar-refractivity contribution is -0.146. The Balaban J connectivity index is 1.49. The Labute approximate surface area is 214 Å². The number of thioether (sulfide) groups is 1. The molecule has 2 unspecified atom stereocenters. The second-order valence-electron chi connectivity index (χ2n) is 8.41. The number of carboxylic acid groups (broad SMARTS) is 1. The molecule has 2 amide bonds. The number of benzene rings is 2. The standard InChI is InChI=1S/C27H30N2O6S/c1-2-3-15-35-27(34)18-11-13-19(14-12-18)28-24(30)17-36-21-8-6-7-20(16-21)29-25(31)22-9-4-5-10-23(22)26(32)33/h4-8,11-14,16,22-23H,2-3,9-10,15,17H2,1H3,(H,28,30)(H,29,31)(H,32,33). The van der Waals surface area contributed by atoms with Crippen LogP contribution in [0.1, 0.15) is 43.0 Å². The highest BCUT2D eigenvalue weighted by Gasteiger charge is 2.33. The maximum Gasteiger partial charge on any atom is 0.338 e. The summed E-state index contributed by atoms with van der Waals surface area (Å²) in [7, 11) is 0. The Bertz CT molecular complexity index is 1120. The molecule has 0 saturated carbocycles. The third-order valence-corrected chi connectivity index (χ3v) is 6.69. The zero-order chi connectivity index (χ0) is 25.9. The quantitative estimate of drug-likeness (QED) is 0.169. The number of amides is 2. The van der Waals surface area contributed by atoms with E-state index in [2.05, 4.69) is 10.6 Å². The van der Waals surface area contributed by atoms with Gasteiger partial charge in [0.15, 0.2) is 0 Å². The van der Waals surface area contributed by atoms with E-state index >= 15 is 0 Å². The molecule has 0 radical (unpaired) electrons. The molecule has 36 heavy (non-hydrogen) atoms. The predicted molar refractivity (Wildman–Crippen MR) is 139 cm³/mol. The molecule has 8 nitrogen and oxygen atoms in total. The number of hydrogen-bond donors (Lipinski definition) is 3. The molecule has 0 heterocycles. The van der Waals surface area contributed by atoms with E-state index in [1.54, 1.807) is 48.5 Å². The molecule has 2 aromatic carbocycles. The van der Waals surface area contributed by atoms with Gasteiger partial charge in [0.05, 0.1) is 29.8 Å². The van der Waals surface area contributed by atoms with Crippen LogP contribution in [0.4, 0.5) is 11.4 Å². The average molecular weight is 511 g/mol. The molecule has 1 aliphatic carbocycles. The van der Waals surface area contributed by atoms with Crippen LogP contribution >= 0.6 is 11.8 Å². The Morgan fingerprint density at radius 3 is 2.39 bits per heavy atom. The number of hydrogen-bond acceptors (Lipinski definition) is 6. The van der Waals surface area contributed by atoms with Crippen molar-refractivity contribution in [2.75, 3.05) is 23.0 Å². The van der Waals surface area contributed by atoms with Gasteiger partial charge < -0.3 is 20.5 Å². The van der Waals surface area contributed by atoms with E-state index in [0.717, 1.165) is 17.7 Å². The van der Waals surface area contributed by atoms with Crippen molar-refractivity contribution in [1.82, 2.24) is 0 Å². The first kappa shape index (κ1) is 27.0. The smallest absolute Gasteiger partial charge is 0.338 e. The number of carbonyl (C=O) groups is 4. The van der Waals surface area contributed by atoms with Gasteiger partial charge >= 0.3 is 11.9 Å². The van der Waals surface area contributed by atoms with Gasteiger partial charge in [0.2, 0.25) is 11.8 Å². The highest BCUT2D eigenvalue weighted by Crippen LogP contribution is 2.28. The van der Waals surface area contributed by atoms with Gasteiger partial charge in [0, 0.05) is 16.3 Å². The van der Waals surface area contributed by atoms with E-state index in [9.17, 15) is 24.3 Å². The minimum Gasteiger partial charge on any atom is -0.481 e. The Kier molecular flexibility index (Phi) is 10.1.